The Labute approximate surface area is 121 Å². The molecule has 1 unspecified atom stereocenters. The fraction of sp³-hybridized carbons (Fsp3) is 0.154. The number of nitrogens with one attached hydrogen (secondary N) is 1. The normalized spacial score (nSPS) is 12.1. The van der Waals surface area contributed by atoms with E-state index >= 15 is 0 Å². The van der Waals surface area contributed by atoms with Gasteiger partial charge in [0.2, 0.25) is 0 Å². The summed E-state index contributed by atoms with van der Waals surface area (Å²) in [5.74, 6) is 0. The molecule has 1 heterocycles. The fourth-order valence-corrected chi connectivity index (χ4v) is 3.04. The molecule has 0 aliphatic heterocycles. The van der Waals surface area contributed by atoms with Gasteiger partial charge >= 0.3 is 0 Å². The summed E-state index contributed by atoms with van der Waals surface area (Å²) in [4.78, 5) is 0.306. The van der Waals surface area contributed by atoms with Crippen LogP contribution in [0.15, 0.2) is 35.0 Å². The first-order valence-electron chi connectivity index (χ1n) is 5.46. The Hall–Kier alpha value is -1.10. The first kappa shape index (κ1) is 13.3. The van der Waals surface area contributed by atoms with E-state index in [0.717, 1.165) is 5.69 Å². The van der Waals surface area contributed by atoms with Crippen molar-refractivity contribution in [2.45, 2.75) is 13.0 Å². The standard InChI is InChI=1S/C13H13ClN2S2/c1-8(9-5-6-18-7-9)16-11-4-2-3-10(14)12(11)13(15)17/h2-8,16H,1H3,(H2,15,17). The quantitative estimate of drug-likeness (QED) is 0.830. The third kappa shape index (κ3) is 2.83. The molecule has 0 aliphatic carbocycles. The van der Waals surface area contributed by atoms with E-state index in [0.29, 0.717) is 15.6 Å². The molecule has 2 aromatic rings. The van der Waals surface area contributed by atoms with Crippen molar-refractivity contribution < 1.29 is 0 Å². The lowest BCUT2D eigenvalue weighted by Crippen LogP contribution is -2.15. The number of rotatable bonds is 4. The van der Waals surface area contributed by atoms with Crippen molar-refractivity contribution in [2.75, 3.05) is 5.32 Å². The van der Waals surface area contributed by atoms with Gasteiger partial charge in [-0.2, -0.15) is 11.3 Å². The molecule has 1 aromatic heterocycles. The second-order valence-corrected chi connectivity index (χ2v) is 5.58. The molecule has 1 atom stereocenters. The Morgan fingerprint density at radius 1 is 1.44 bits per heavy atom. The highest BCUT2D eigenvalue weighted by Crippen LogP contribution is 2.28. The van der Waals surface area contributed by atoms with Crippen LogP contribution in [-0.4, -0.2) is 4.99 Å². The molecule has 2 nitrogen and oxygen atoms in total. The predicted molar refractivity (Wildman–Crippen MR) is 83.7 cm³/mol. The van der Waals surface area contributed by atoms with Gasteiger partial charge in [-0.05, 0) is 41.4 Å². The number of hydrogen-bond donors (Lipinski definition) is 2. The van der Waals surface area contributed by atoms with Crippen LogP contribution in [0.4, 0.5) is 5.69 Å². The molecule has 5 heteroatoms. The first-order chi connectivity index (χ1) is 8.59. The van der Waals surface area contributed by atoms with Crippen LogP contribution in [-0.2, 0) is 0 Å². The highest BCUT2D eigenvalue weighted by Gasteiger charge is 2.12. The van der Waals surface area contributed by atoms with Crippen LogP contribution in [0.5, 0.6) is 0 Å². The Morgan fingerprint density at radius 2 is 2.22 bits per heavy atom. The van der Waals surface area contributed by atoms with Crippen molar-refractivity contribution >= 4 is 45.8 Å². The minimum atomic E-state index is 0.183. The van der Waals surface area contributed by atoms with Crippen LogP contribution >= 0.6 is 35.2 Å². The summed E-state index contributed by atoms with van der Waals surface area (Å²) in [6, 6.07) is 7.88. The van der Waals surface area contributed by atoms with Crippen molar-refractivity contribution in [3.8, 4) is 0 Å². The number of benzene rings is 1. The summed E-state index contributed by atoms with van der Waals surface area (Å²) in [5.41, 5.74) is 8.52. The van der Waals surface area contributed by atoms with E-state index in [1.54, 1.807) is 17.4 Å². The van der Waals surface area contributed by atoms with E-state index < -0.39 is 0 Å². The summed E-state index contributed by atoms with van der Waals surface area (Å²) in [7, 11) is 0. The monoisotopic (exact) mass is 296 g/mol. The van der Waals surface area contributed by atoms with Crippen molar-refractivity contribution in [1.29, 1.82) is 0 Å². The molecule has 0 saturated carbocycles. The zero-order valence-corrected chi connectivity index (χ0v) is 12.2. The second-order valence-electron chi connectivity index (χ2n) is 3.95. The number of anilines is 1. The molecule has 0 saturated heterocycles. The molecule has 1 aromatic carbocycles. The van der Waals surface area contributed by atoms with Gasteiger partial charge in [0.25, 0.3) is 0 Å². The third-order valence-electron chi connectivity index (χ3n) is 2.68. The zero-order chi connectivity index (χ0) is 13.1. The van der Waals surface area contributed by atoms with Crippen LogP contribution in [0.1, 0.15) is 24.1 Å². The van der Waals surface area contributed by atoms with Crippen LogP contribution in [0.3, 0.4) is 0 Å². The maximum absolute atomic E-state index is 6.13. The van der Waals surface area contributed by atoms with E-state index in [4.69, 9.17) is 29.6 Å². The minimum absolute atomic E-state index is 0.183. The van der Waals surface area contributed by atoms with Crippen molar-refractivity contribution in [3.63, 3.8) is 0 Å². The van der Waals surface area contributed by atoms with Crippen molar-refractivity contribution in [3.05, 3.63) is 51.2 Å². The van der Waals surface area contributed by atoms with Crippen LogP contribution < -0.4 is 11.1 Å². The fourth-order valence-electron chi connectivity index (χ4n) is 1.73. The molecular weight excluding hydrogens is 284 g/mol. The molecule has 94 valence electrons. The summed E-state index contributed by atoms with van der Waals surface area (Å²) in [5, 5.41) is 8.13. The lowest BCUT2D eigenvalue weighted by molar-refractivity contribution is 0.890. The first-order valence-corrected chi connectivity index (χ1v) is 7.19. The SMILES string of the molecule is CC(Nc1cccc(Cl)c1C(N)=S)c1ccsc1. The molecule has 0 fully saturated rings. The molecule has 0 radical (unpaired) electrons. The van der Waals surface area contributed by atoms with Gasteiger partial charge in [-0.25, -0.2) is 0 Å². The summed E-state index contributed by atoms with van der Waals surface area (Å²) < 4.78 is 0. The highest BCUT2D eigenvalue weighted by atomic mass is 35.5. The van der Waals surface area contributed by atoms with Gasteiger partial charge in [0, 0.05) is 11.7 Å². The average molecular weight is 297 g/mol. The summed E-state index contributed by atoms with van der Waals surface area (Å²) >= 11 is 12.8. The molecule has 18 heavy (non-hydrogen) atoms. The van der Waals surface area contributed by atoms with Crippen LogP contribution in [0.25, 0.3) is 0 Å². The Balaban J connectivity index is 2.29. The Morgan fingerprint density at radius 3 is 2.83 bits per heavy atom. The maximum Gasteiger partial charge on any atom is 0.107 e. The number of thiocarbonyl (C=S) groups is 1. The maximum atomic E-state index is 6.13. The van der Waals surface area contributed by atoms with E-state index in [9.17, 15) is 0 Å². The average Bonchev–Trinajstić information content (AvgIpc) is 2.81. The lowest BCUT2D eigenvalue weighted by atomic mass is 10.1. The smallest absolute Gasteiger partial charge is 0.107 e. The van der Waals surface area contributed by atoms with E-state index in [1.165, 1.54) is 5.56 Å². The summed E-state index contributed by atoms with van der Waals surface area (Å²) in [6.07, 6.45) is 0. The predicted octanol–water partition coefficient (Wildman–Crippen LogP) is 4.21. The van der Waals surface area contributed by atoms with Gasteiger partial charge in [-0.3, -0.25) is 0 Å². The van der Waals surface area contributed by atoms with Gasteiger partial charge in [0.15, 0.2) is 0 Å². The molecule has 0 spiro atoms. The summed E-state index contributed by atoms with van der Waals surface area (Å²) in [6.45, 7) is 2.09. The number of halogens is 1. The molecule has 2 rings (SSSR count). The molecule has 0 aliphatic rings. The van der Waals surface area contributed by atoms with Crippen LogP contribution in [0, 0.1) is 0 Å². The Kier molecular flexibility index (Phi) is 4.22. The van der Waals surface area contributed by atoms with Crippen molar-refractivity contribution in [2.24, 2.45) is 5.73 Å². The van der Waals surface area contributed by atoms with Gasteiger partial charge in [0.05, 0.1) is 10.6 Å². The Bertz CT molecular complexity index is 552. The molecule has 0 amide bonds. The van der Waals surface area contributed by atoms with E-state index in [-0.39, 0.29) is 6.04 Å². The number of thiophene rings is 1. The van der Waals surface area contributed by atoms with E-state index in [1.807, 2.05) is 12.1 Å². The van der Waals surface area contributed by atoms with Crippen molar-refractivity contribution in [1.82, 2.24) is 0 Å². The van der Waals surface area contributed by atoms with Gasteiger partial charge in [-0.15, -0.1) is 0 Å². The lowest BCUT2D eigenvalue weighted by Gasteiger charge is -2.17. The second kappa shape index (κ2) is 5.69. The number of hydrogen-bond acceptors (Lipinski definition) is 3. The molecule has 0 bridgehead atoms. The third-order valence-corrected chi connectivity index (χ3v) is 3.90. The zero-order valence-electron chi connectivity index (χ0n) is 9.81. The molecular formula is C13H13ClN2S2. The molecule has 3 N–H and O–H groups in total. The number of nitrogens with two attached hydrogens (primary N) is 1. The van der Waals surface area contributed by atoms with Gasteiger partial charge in [-0.1, -0.05) is 29.9 Å². The highest BCUT2D eigenvalue weighted by molar-refractivity contribution is 7.80. The van der Waals surface area contributed by atoms with Gasteiger partial charge < -0.3 is 11.1 Å². The minimum Gasteiger partial charge on any atom is -0.389 e. The topological polar surface area (TPSA) is 38.0 Å². The van der Waals surface area contributed by atoms with Gasteiger partial charge in [0.1, 0.15) is 4.99 Å². The van der Waals surface area contributed by atoms with Crippen LogP contribution in [0.2, 0.25) is 5.02 Å². The largest absolute Gasteiger partial charge is 0.389 e. The van der Waals surface area contributed by atoms with E-state index in [2.05, 4.69) is 29.1 Å².